The van der Waals surface area contributed by atoms with Crippen molar-refractivity contribution in [2.24, 2.45) is 16.9 Å². The molecule has 1 amide bonds. The standard InChI is InChI=1S/C19H26N2O/c1-2-6-14-9-11-16(12-10-14)20-21-19(22)18-13-17(18)15-7-4-3-5-8-15/h3-5,7-8,14,17-18H,2,6,9-13H2,1H3,(H,21,22). The first kappa shape index (κ1) is 15.3. The second-order valence-corrected chi connectivity index (χ2v) is 6.75. The summed E-state index contributed by atoms with van der Waals surface area (Å²) in [6, 6.07) is 10.3. The highest BCUT2D eigenvalue weighted by molar-refractivity contribution is 5.88. The fourth-order valence-electron chi connectivity index (χ4n) is 3.59. The minimum absolute atomic E-state index is 0.0945. The van der Waals surface area contributed by atoms with Gasteiger partial charge in [0.25, 0.3) is 0 Å². The minimum Gasteiger partial charge on any atom is -0.273 e. The first-order valence-corrected chi connectivity index (χ1v) is 8.68. The highest BCUT2D eigenvalue weighted by Gasteiger charge is 2.43. The van der Waals surface area contributed by atoms with Gasteiger partial charge in [-0.05, 0) is 49.5 Å². The summed E-state index contributed by atoms with van der Waals surface area (Å²) in [6.45, 7) is 2.25. The van der Waals surface area contributed by atoms with Crippen LogP contribution in [0.4, 0.5) is 0 Å². The molecule has 0 heterocycles. The third kappa shape index (κ3) is 3.76. The van der Waals surface area contributed by atoms with Gasteiger partial charge in [0.05, 0.1) is 0 Å². The Morgan fingerprint density at radius 2 is 1.95 bits per heavy atom. The van der Waals surface area contributed by atoms with Gasteiger partial charge in [0.2, 0.25) is 5.91 Å². The number of hydrazone groups is 1. The van der Waals surface area contributed by atoms with Crippen LogP contribution in [0.25, 0.3) is 0 Å². The van der Waals surface area contributed by atoms with Gasteiger partial charge in [-0.25, -0.2) is 5.43 Å². The van der Waals surface area contributed by atoms with Crippen molar-refractivity contribution in [3.8, 4) is 0 Å². The molecule has 0 spiro atoms. The van der Waals surface area contributed by atoms with Gasteiger partial charge in [-0.15, -0.1) is 0 Å². The Hall–Kier alpha value is -1.64. The van der Waals surface area contributed by atoms with Gasteiger partial charge in [-0.2, -0.15) is 5.10 Å². The van der Waals surface area contributed by atoms with E-state index in [-0.39, 0.29) is 11.8 Å². The molecule has 2 aliphatic carbocycles. The van der Waals surface area contributed by atoms with Crippen LogP contribution in [0.2, 0.25) is 0 Å². The highest BCUT2D eigenvalue weighted by Crippen LogP contribution is 2.47. The predicted octanol–water partition coefficient (Wildman–Crippen LogP) is 4.25. The van der Waals surface area contributed by atoms with Crippen molar-refractivity contribution < 1.29 is 4.79 Å². The van der Waals surface area contributed by atoms with Crippen LogP contribution in [0, 0.1) is 11.8 Å². The van der Waals surface area contributed by atoms with Gasteiger partial charge in [0.1, 0.15) is 0 Å². The van der Waals surface area contributed by atoms with Crippen LogP contribution in [0.15, 0.2) is 35.4 Å². The minimum atomic E-state index is 0.0945. The van der Waals surface area contributed by atoms with Crippen LogP contribution >= 0.6 is 0 Å². The number of hydrogen-bond donors (Lipinski definition) is 1. The Kier molecular flexibility index (Phi) is 4.91. The summed E-state index contributed by atoms with van der Waals surface area (Å²) in [7, 11) is 0. The van der Waals surface area contributed by atoms with Gasteiger partial charge >= 0.3 is 0 Å². The molecule has 1 N–H and O–H groups in total. The second kappa shape index (κ2) is 7.08. The van der Waals surface area contributed by atoms with Crippen molar-refractivity contribution in [2.45, 2.75) is 57.8 Å². The van der Waals surface area contributed by atoms with Gasteiger partial charge in [0, 0.05) is 11.6 Å². The fourth-order valence-corrected chi connectivity index (χ4v) is 3.59. The lowest BCUT2D eigenvalue weighted by Crippen LogP contribution is -2.23. The van der Waals surface area contributed by atoms with Crippen molar-refractivity contribution in [2.75, 3.05) is 0 Å². The molecule has 2 unspecified atom stereocenters. The van der Waals surface area contributed by atoms with Crippen molar-refractivity contribution in [3.05, 3.63) is 35.9 Å². The molecule has 3 nitrogen and oxygen atoms in total. The summed E-state index contributed by atoms with van der Waals surface area (Å²) < 4.78 is 0. The zero-order valence-corrected chi connectivity index (χ0v) is 13.4. The molecular weight excluding hydrogens is 272 g/mol. The number of hydrogen-bond acceptors (Lipinski definition) is 2. The average molecular weight is 298 g/mol. The van der Waals surface area contributed by atoms with Crippen molar-refractivity contribution in [1.82, 2.24) is 5.43 Å². The third-order valence-electron chi connectivity index (χ3n) is 5.06. The number of carbonyl (C=O) groups excluding carboxylic acids is 1. The molecule has 118 valence electrons. The molecule has 3 rings (SSSR count). The summed E-state index contributed by atoms with van der Waals surface area (Å²) in [5.41, 5.74) is 5.26. The maximum Gasteiger partial charge on any atom is 0.243 e. The molecule has 1 aromatic carbocycles. The van der Waals surface area contributed by atoms with Crippen molar-refractivity contribution in [3.63, 3.8) is 0 Å². The molecule has 22 heavy (non-hydrogen) atoms. The number of benzene rings is 1. The van der Waals surface area contributed by atoms with E-state index in [2.05, 4.69) is 29.6 Å². The number of nitrogens with one attached hydrogen (secondary N) is 1. The molecule has 2 atom stereocenters. The van der Waals surface area contributed by atoms with Crippen LogP contribution in [0.3, 0.4) is 0 Å². The summed E-state index contributed by atoms with van der Waals surface area (Å²) in [4.78, 5) is 12.2. The Bertz CT molecular complexity index is 528. The third-order valence-corrected chi connectivity index (χ3v) is 5.06. The monoisotopic (exact) mass is 298 g/mol. The summed E-state index contributed by atoms with van der Waals surface area (Å²) in [6.07, 6.45) is 8.14. The summed E-state index contributed by atoms with van der Waals surface area (Å²) >= 11 is 0. The zero-order chi connectivity index (χ0) is 15.4. The van der Waals surface area contributed by atoms with Crippen LogP contribution in [-0.4, -0.2) is 11.6 Å². The summed E-state index contributed by atoms with van der Waals surface area (Å²) in [5.74, 6) is 1.47. The van der Waals surface area contributed by atoms with E-state index >= 15 is 0 Å². The maximum absolute atomic E-state index is 12.2. The molecule has 0 aromatic heterocycles. The number of carbonyl (C=O) groups is 1. The molecule has 0 radical (unpaired) electrons. The molecule has 1 aromatic rings. The zero-order valence-electron chi connectivity index (χ0n) is 13.4. The Morgan fingerprint density at radius 3 is 2.64 bits per heavy atom. The molecule has 0 aliphatic heterocycles. The first-order chi connectivity index (χ1) is 10.8. The quantitative estimate of drug-likeness (QED) is 0.811. The van der Waals surface area contributed by atoms with Crippen molar-refractivity contribution >= 4 is 11.6 Å². The molecule has 2 fully saturated rings. The molecule has 3 heteroatoms. The number of amides is 1. The van der Waals surface area contributed by atoms with E-state index in [0.29, 0.717) is 5.92 Å². The molecule has 0 saturated heterocycles. The number of nitrogens with zero attached hydrogens (tertiary/aromatic N) is 1. The Labute approximate surface area is 133 Å². The first-order valence-electron chi connectivity index (χ1n) is 8.68. The van der Waals surface area contributed by atoms with Gasteiger partial charge in [-0.1, -0.05) is 50.1 Å². The smallest absolute Gasteiger partial charge is 0.243 e. The van der Waals surface area contributed by atoms with Crippen LogP contribution < -0.4 is 5.43 Å². The largest absolute Gasteiger partial charge is 0.273 e. The molecule has 0 bridgehead atoms. The lowest BCUT2D eigenvalue weighted by Gasteiger charge is -2.22. The highest BCUT2D eigenvalue weighted by atomic mass is 16.2. The second-order valence-electron chi connectivity index (χ2n) is 6.75. The van der Waals surface area contributed by atoms with Crippen LogP contribution in [0.5, 0.6) is 0 Å². The average Bonchev–Trinajstić information content (AvgIpc) is 3.36. The van der Waals surface area contributed by atoms with Gasteiger partial charge < -0.3 is 0 Å². The van der Waals surface area contributed by atoms with E-state index in [1.807, 2.05) is 18.2 Å². The van der Waals surface area contributed by atoms with E-state index in [9.17, 15) is 4.79 Å². The maximum atomic E-state index is 12.2. The Balaban J connectivity index is 1.45. The van der Waals surface area contributed by atoms with Gasteiger partial charge in [0.15, 0.2) is 0 Å². The van der Waals surface area contributed by atoms with Gasteiger partial charge in [-0.3, -0.25) is 4.79 Å². The lowest BCUT2D eigenvalue weighted by molar-refractivity contribution is -0.122. The van der Waals surface area contributed by atoms with Crippen molar-refractivity contribution in [1.29, 1.82) is 0 Å². The number of rotatable bonds is 5. The van der Waals surface area contributed by atoms with Crippen LogP contribution in [0.1, 0.15) is 63.4 Å². The van der Waals surface area contributed by atoms with E-state index in [1.165, 1.54) is 37.0 Å². The Morgan fingerprint density at radius 1 is 1.23 bits per heavy atom. The molecule has 2 saturated carbocycles. The summed E-state index contributed by atoms with van der Waals surface area (Å²) in [5, 5.41) is 4.38. The van der Waals surface area contributed by atoms with Crippen LogP contribution in [-0.2, 0) is 4.79 Å². The normalized spacial score (nSPS) is 27.3. The lowest BCUT2D eigenvalue weighted by atomic mass is 9.85. The fraction of sp³-hybridized carbons (Fsp3) is 0.579. The molecular formula is C19H26N2O. The van der Waals surface area contributed by atoms with E-state index in [0.717, 1.165) is 25.2 Å². The van der Waals surface area contributed by atoms with E-state index < -0.39 is 0 Å². The topological polar surface area (TPSA) is 41.5 Å². The van der Waals surface area contributed by atoms with E-state index in [1.54, 1.807) is 0 Å². The SMILES string of the molecule is CCCC1CCC(=NNC(=O)C2CC2c2ccccc2)CC1. The van der Waals surface area contributed by atoms with E-state index in [4.69, 9.17) is 0 Å². The predicted molar refractivity (Wildman–Crippen MR) is 89.7 cm³/mol. The molecule has 2 aliphatic rings.